The first-order valence-corrected chi connectivity index (χ1v) is 11.4. The van der Waals surface area contributed by atoms with E-state index in [1.165, 1.54) is 12.2 Å². The van der Waals surface area contributed by atoms with Gasteiger partial charge in [-0.15, -0.1) is 24.0 Å². The van der Waals surface area contributed by atoms with E-state index >= 15 is 0 Å². The topological polar surface area (TPSA) is 70.6 Å². The van der Waals surface area contributed by atoms with Crippen LogP contribution in [-0.2, 0) is 9.84 Å². The molecular formula is C17H30IN3O2S2. The Morgan fingerprint density at radius 1 is 1.12 bits per heavy atom. The van der Waals surface area contributed by atoms with Gasteiger partial charge in [-0.25, -0.2) is 8.42 Å². The molecule has 0 aliphatic carbocycles. The molecule has 0 atom stereocenters. The van der Waals surface area contributed by atoms with Crippen LogP contribution in [0.1, 0.15) is 26.2 Å². The molecule has 2 N–H and O–H groups in total. The Labute approximate surface area is 173 Å². The van der Waals surface area contributed by atoms with Crippen molar-refractivity contribution in [1.29, 1.82) is 0 Å². The molecule has 0 heterocycles. The number of sulfone groups is 1. The highest BCUT2D eigenvalue weighted by Crippen LogP contribution is 2.10. The van der Waals surface area contributed by atoms with Gasteiger partial charge in [0.1, 0.15) is 0 Å². The normalized spacial score (nSPS) is 11.7. The third-order valence-electron chi connectivity index (χ3n) is 3.36. The zero-order valence-electron chi connectivity index (χ0n) is 15.0. The fourth-order valence-electron chi connectivity index (χ4n) is 2.11. The van der Waals surface area contributed by atoms with Gasteiger partial charge in [0.25, 0.3) is 0 Å². The van der Waals surface area contributed by atoms with Crippen LogP contribution in [0.15, 0.2) is 40.2 Å². The number of hydrogen-bond donors (Lipinski definition) is 2. The lowest BCUT2D eigenvalue weighted by Crippen LogP contribution is -2.38. The second-order valence-corrected chi connectivity index (χ2v) is 8.47. The number of rotatable bonds is 11. The van der Waals surface area contributed by atoms with E-state index in [-0.39, 0.29) is 29.7 Å². The minimum atomic E-state index is -3.21. The molecule has 0 aliphatic rings. The second kappa shape index (κ2) is 14.7. The Morgan fingerprint density at radius 2 is 1.84 bits per heavy atom. The van der Waals surface area contributed by atoms with Gasteiger partial charge in [0.2, 0.25) is 0 Å². The van der Waals surface area contributed by atoms with Crippen molar-refractivity contribution in [3.8, 4) is 0 Å². The predicted octanol–water partition coefficient (Wildman–Crippen LogP) is 3.17. The Hall–Kier alpha value is -0.480. The first-order chi connectivity index (χ1) is 11.6. The van der Waals surface area contributed by atoms with Crippen LogP contribution < -0.4 is 10.6 Å². The molecule has 0 saturated carbocycles. The molecule has 144 valence electrons. The molecule has 8 heteroatoms. The van der Waals surface area contributed by atoms with Gasteiger partial charge in [-0.05, 0) is 50.3 Å². The summed E-state index contributed by atoms with van der Waals surface area (Å²) in [7, 11) is -3.21. The molecule has 0 bridgehead atoms. The molecule has 0 unspecified atom stereocenters. The summed E-state index contributed by atoms with van der Waals surface area (Å²) in [4.78, 5) is 4.84. The molecule has 1 aromatic rings. The highest BCUT2D eigenvalue weighted by molar-refractivity contribution is 14.0. The van der Waals surface area contributed by atoms with Gasteiger partial charge in [-0.3, -0.25) is 4.99 Å². The van der Waals surface area contributed by atoms with Crippen LogP contribution in [-0.4, -0.2) is 51.8 Å². The smallest absolute Gasteiger partial charge is 0.191 e. The van der Waals surface area contributed by atoms with E-state index in [1.54, 1.807) is 24.3 Å². The van der Waals surface area contributed by atoms with E-state index in [4.69, 9.17) is 0 Å². The van der Waals surface area contributed by atoms with Gasteiger partial charge in [0, 0.05) is 19.6 Å². The van der Waals surface area contributed by atoms with E-state index in [9.17, 15) is 8.42 Å². The summed E-state index contributed by atoms with van der Waals surface area (Å²) in [5.41, 5.74) is 0. The van der Waals surface area contributed by atoms with Gasteiger partial charge in [0.15, 0.2) is 15.8 Å². The molecule has 0 fully saturated rings. The third-order valence-corrected chi connectivity index (χ3v) is 5.87. The lowest BCUT2D eigenvalue weighted by molar-refractivity contribution is 0.593. The standard InChI is InChI=1S/C17H29N3O2S2.HI/c1-3-18-17(19-12-7-8-14-23-2)20-13-9-15-24(21,22)16-10-5-4-6-11-16;/h4-6,10-11H,3,7-9,12-15H2,1-2H3,(H2,18,19,20);1H. The van der Waals surface area contributed by atoms with Crippen LogP contribution in [0.25, 0.3) is 0 Å². The number of thioether (sulfide) groups is 1. The summed E-state index contributed by atoms with van der Waals surface area (Å²) >= 11 is 1.86. The Bertz CT molecular complexity index is 581. The maximum atomic E-state index is 12.2. The fraction of sp³-hybridized carbons (Fsp3) is 0.588. The summed E-state index contributed by atoms with van der Waals surface area (Å²) in [5, 5.41) is 6.48. The van der Waals surface area contributed by atoms with E-state index in [1.807, 2.05) is 24.8 Å². The van der Waals surface area contributed by atoms with Crippen molar-refractivity contribution in [2.75, 3.05) is 37.4 Å². The number of halogens is 1. The third kappa shape index (κ3) is 11.0. The number of aliphatic imine (C=N–C) groups is 1. The average Bonchev–Trinajstić information content (AvgIpc) is 2.59. The highest BCUT2D eigenvalue weighted by atomic mass is 127. The minimum Gasteiger partial charge on any atom is -0.357 e. The summed E-state index contributed by atoms with van der Waals surface area (Å²) in [6, 6.07) is 8.58. The number of nitrogens with one attached hydrogen (secondary N) is 2. The van der Waals surface area contributed by atoms with Crippen LogP contribution >= 0.6 is 35.7 Å². The molecule has 0 spiro atoms. The number of hydrogen-bond acceptors (Lipinski definition) is 4. The van der Waals surface area contributed by atoms with Crippen molar-refractivity contribution in [3.05, 3.63) is 30.3 Å². The quantitative estimate of drug-likeness (QED) is 0.212. The molecule has 1 aromatic carbocycles. The summed E-state index contributed by atoms with van der Waals surface area (Å²) < 4.78 is 24.4. The van der Waals surface area contributed by atoms with E-state index in [0.717, 1.165) is 25.5 Å². The maximum absolute atomic E-state index is 12.2. The lowest BCUT2D eigenvalue weighted by atomic mass is 10.3. The van der Waals surface area contributed by atoms with Crippen molar-refractivity contribution < 1.29 is 8.42 Å². The maximum Gasteiger partial charge on any atom is 0.191 e. The molecule has 0 amide bonds. The van der Waals surface area contributed by atoms with Crippen molar-refractivity contribution in [1.82, 2.24) is 10.6 Å². The van der Waals surface area contributed by atoms with E-state index in [2.05, 4.69) is 21.9 Å². The van der Waals surface area contributed by atoms with Crippen molar-refractivity contribution >= 4 is 51.5 Å². The average molecular weight is 499 g/mol. The lowest BCUT2D eigenvalue weighted by Gasteiger charge is -2.11. The molecule has 0 aliphatic heterocycles. The number of benzene rings is 1. The van der Waals surface area contributed by atoms with Gasteiger partial charge >= 0.3 is 0 Å². The second-order valence-electron chi connectivity index (χ2n) is 5.37. The largest absolute Gasteiger partial charge is 0.357 e. The van der Waals surface area contributed by atoms with Crippen LogP contribution in [0.4, 0.5) is 0 Å². The summed E-state index contributed by atoms with van der Waals surface area (Å²) in [6.45, 7) is 4.19. The molecule has 5 nitrogen and oxygen atoms in total. The van der Waals surface area contributed by atoms with Crippen LogP contribution in [0.2, 0.25) is 0 Å². The van der Waals surface area contributed by atoms with Crippen molar-refractivity contribution in [3.63, 3.8) is 0 Å². The van der Waals surface area contributed by atoms with E-state index in [0.29, 0.717) is 17.9 Å². The first kappa shape index (κ1) is 24.5. The fourth-order valence-corrected chi connectivity index (χ4v) is 3.92. The zero-order chi connectivity index (χ0) is 17.7. The van der Waals surface area contributed by atoms with Crippen molar-refractivity contribution in [2.45, 2.75) is 31.1 Å². The molecule has 0 aromatic heterocycles. The first-order valence-electron chi connectivity index (χ1n) is 8.39. The van der Waals surface area contributed by atoms with Gasteiger partial charge in [-0.1, -0.05) is 18.2 Å². The van der Waals surface area contributed by atoms with Crippen molar-refractivity contribution in [2.24, 2.45) is 4.99 Å². The number of unbranched alkanes of at least 4 members (excludes halogenated alkanes) is 1. The summed E-state index contributed by atoms with van der Waals surface area (Å²) in [5.74, 6) is 2.05. The van der Waals surface area contributed by atoms with Gasteiger partial charge < -0.3 is 10.6 Å². The molecule has 1 rings (SSSR count). The Balaban J connectivity index is 0.00000576. The van der Waals surface area contributed by atoms with Crippen LogP contribution in [0.5, 0.6) is 0 Å². The monoisotopic (exact) mass is 499 g/mol. The van der Waals surface area contributed by atoms with Gasteiger partial charge in [-0.2, -0.15) is 11.8 Å². The molecule has 0 saturated heterocycles. The van der Waals surface area contributed by atoms with E-state index < -0.39 is 9.84 Å². The SMILES string of the molecule is CCNC(=NCCCS(=O)(=O)c1ccccc1)NCCCCSC.I. The zero-order valence-corrected chi connectivity index (χ0v) is 19.0. The number of nitrogens with zero attached hydrogens (tertiary/aromatic N) is 1. The predicted molar refractivity (Wildman–Crippen MR) is 120 cm³/mol. The molecular weight excluding hydrogens is 469 g/mol. The Morgan fingerprint density at radius 3 is 2.48 bits per heavy atom. The number of guanidine groups is 1. The van der Waals surface area contributed by atoms with Crippen LogP contribution in [0.3, 0.4) is 0 Å². The highest BCUT2D eigenvalue weighted by Gasteiger charge is 2.12. The van der Waals surface area contributed by atoms with Gasteiger partial charge in [0.05, 0.1) is 10.6 Å². The molecule has 25 heavy (non-hydrogen) atoms. The summed E-state index contributed by atoms with van der Waals surface area (Å²) in [6.07, 6.45) is 4.92. The minimum absolute atomic E-state index is 0. The van der Waals surface area contributed by atoms with Crippen LogP contribution in [0, 0.1) is 0 Å². The molecule has 0 radical (unpaired) electrons. The Kier molecular flexibility index (Phi) is 14.4.